The lowest BCUT2D eigenvalue weighted by molar-refractivity contribution is -0.121. The molecule has 1 N–H and O–H groups in total. The van der Waals surface area contributed by atoms with Gasteiger partial charge >= 0.3 is 0 Å². The summed E-state index contributed by atoms with van der Waals surface area (Å²) in [5, 5.41) is 3.92. The van der Waals surface area contributed by atoms with Gasteiger partial charge in [-0.2, -0.15) is 0 Å². The minimum absolute atomic E-state index is 0.0826. The van der Waals surface area contributed by atoms with Crippen LogP contribution in [0.25, 0.3) is 0 Å². The summed E-state index contributed by atoms with van der Waals surface area (Å²) in [6.45, 7) is 4.36. The van der Waals surface area contributed by atoms with E-state index in [1.54, 1.807) is 11.8 Å². The lowest BCUT2D eigenvalue weighted by Gasteiger charge is -2.21. The van der Waals surface area contributed by atoms with Crippen molar-refractivity contribution in [3.05, 3.63) is 65.2 Å². The molecule has 0 saturated heterocycles. The number of benzene rings is 2. The number of nitrogens with one attached hydrogen (secondary N) is 1. The van der Waals surface area contributed by atoms with Gasteiger partial charge in [-0.15, -0.1) is 11.8 Å². The summed E-state index contributed by atoms with van der Waals surface area (Å²) in [7, 11) is 0. The first-order valence-corrected chi connectivity index (χ1v) is 9.63. The molecule has 2 aromatic carbocycles. The van der Waals surface area contributed by atoms with Gasteiger partial charge in [0.1, 0.15) is 0 Å². The smallest absolute Gasteiger partial charge is 0.221 e. The van der Waals surface area contributed by atoms with Gasteiger partial charge in [0.05, 0.1) is 6.04 Å². The molecule has 0 saturated carbocycles. The summed E-state index contributed by atoms with van der Waals surface area (Å²) in [6.07, 6.45) is 1.45. The number of hydrogen-bond acceptors (Lipinski definition) is 2. The third kappa shape index (κ3) is 6.58. The predicted octanol–water partition coefficient (Wildman–Crippen LogP) is 5.73. The largest absolute Gasteiger partial charge is 0.349 e. The van der Waals surface area contributed by atoms with Crippen molar-refractivity contribution in [1.29, 1.82) is 0 Å². The van der Waals surface area contributed by atoms with E-state index < -0.39 is 0 Å². The third-order valence-corrected chi connectivity index (χ3v) is 4.92. The number of amides is 1. The molecule has 2 aromatic rings. The van der Waals surface area contributed by atoms with Crippen molar-refractivity contribution in [2.24, 2.45) is 5.92 Å². The molecule has 2 rings (SSSR count). The van der Waals surface area contributed by atoms with Crippen molar-refractivity contribution in [2.75, 3.05) is 5.75 Å². The predicted molar refractivity (Wildman–Crippen MR) is 104 cm³/mol. The van der Waals surface area contributed by atoms with Crippen molar-refractivity contribution in [3.8, 4) is 0 Å². The summed E-state index contributed by atoms with van der Waals surface area (Å²) >= 11 is 7.55. The number of hydrogen-bond donors (Lipinski definition) is 1. The molecule has 0 aliphatic rings. The van der Waals surface area contributed by atoms with E-state index in [4.69, 9.17) is 11.6 Å². The zero-order chi connectivity index (χ0) is 17.4. The van der Waals surface area contributed by atoms with Crippen LogP contribution < -0.4 is 5.32 Å². The zero-order valence-corrected chi connectivity index (χ0v) is 15.7. The Labute approximate surface area is 154 Å². The van der Waals surface area contributed by atoms with Crippen LogP contribution in [-0.2, 0) is 4.79 Å². The number of carbonyl (C=O) groups excluding carboxylic acids is 1. The van der Waals surface area contributed by atoms with Crippen LogP contribution in [0.4, 0.5) is 0 Å². The number of thioether (sulfide) groups is 1. The van der Waals surface area contributed by atoms with Crippen LogP contribution in [0.2, 0.25) is 5.02 Å². The van der Waals surface area contributed by atoms with E-state index in [-0.39, 0.29) is 11.9 Å². The van der Waals surface area contributed by atoms with Crippen LogP contribution in [-0.4, -0.2) is 11.7 Å². The molecule has 128 valence electrons. The van der Waals surface area contributed by atoms with Crippen LogP contribution in [0.5, 0.6) is 0 Å². The SMILES string of the molecule is CC(C)C[C@H](NC(=O)CCSc1ccc(Cl)cc1)c1ccccc1. The van der Waals surface area contributed by atoms with Crippen molar-refractivity contribution in [3.63, 3.8) is 0 Å². The average molecular weight is 362 g/mol. The highest BCUT2D eigenvalue weighted by Gasteiger charge is 2.15. The molecule has 0 unspecified atom stereocenters. The van der Waals surface area contributed by atoms with Gasteiger partial charge in [0, 0.05) is 22.1 Å². The molecule has 0 aromatic heterocycles. The monoisotopic (exact) mass is 361 g/mol. The number of carbonyl (C=O) groups is 1. The highest BCUT2D eigenvalue weighted by Crippen LogP contribution is 2.23. The second-order valence-corrected chi connectivity index (χ2v) is 7.82. The zero-order valence-electron chi connectivity index (χ0n) is 14.2. The Bertz CT molecular complexity index is 628. The molecule has 0 bridgehead atoms. The first kappa shape index (κ1) is 18.9. The maximum Gasteiger partial charge on any atom is 0.221 e. The van der Waals surface area contributed by atoms with Crippen molar-refractivity contribution in [2.45, 2.75) is 37.6 Å². The molecular weight excluding hydrogens is 338 g/mol. The maximum atomic E-state index is 12.3. The van der Waals surface area contributed by atoms with E-state index in [1.807, 2.05) is 42.5 Å². The van der Waals surface area contributed by atoms with Gasteiger partial charge < -0.3 is 5.32 Å². The Kier molecular flexibility index (Phi) is 7.67. The average Bonchev–Trinajstić information content (AvgIpc) is 2.56. The highest BCUT2D eigenvalue weighted by molar-refractivity contribution is 7.99. The van der Waals surface area contributed by atoms with E-state index in [9.17, 15) is 4.79 Å². The Hall–Kier alpha value is -1.45. The van der Waals surface area contributed by atoms with Gasteiger partial charge in [-0.1, -0.05) is 55.8 Å². The Balaban J connectivity index is 1.85. The van der Waals surface area contributed by atoms with Gasteiger partial charge in [0.2, 0.25) is 5.91 Å². The molecule has 0 heterocycles. The fraction of sp³-hybridized carbons (Fsp3) is 0.350. The fourth-order valence-corrected chi connectivity index (χ4v) is 3.47. The van der Waals surface area contributed by atoms with Crippen LogP contribution in [0, 0.1) is 5.92 Å². The van der Waals surface area contributed by atoms with Gasteiger partial charge in [-0.25, -0.2) is 0 Å². The minimum Gasteiger partial charge on any atom is -0.349 e. The topological polar surface area (TPSA) is 29.1 Å². The minimum atomic E-state index is 0.0826. The Morgan fingerprint density at radius 1 is 1.08 bits per heavy atom. The van der Waals surface area contributed by atoms with Gasteiger partial charge in [-0.05, 0) is 42.2 Å². The van der Waals surface area contributed by atoms with Gasteiger partial charge in [0.15, 0.2) is 0 Å². The summed E-state index contributed by atoms with van der Waals surface area (Å²) in [5.41, 5.74) is 1.17. The van der Waals surface area contributed by atoms with Crippen LogP contribution >= 0.6 is 23.4 Å². The summed E-state index contributed by atoms with van der Waals surface area (Å²) in [4.78, 5) is 13.4. The molecule has 24 heavy (non-hydrogen) atoms. The molecule has 2 nitrogen and oxygen atoms in total. The van der Waals surface area contributed by atoms with Crippen molar-refractivity contribution in [1.82, 2.24) is 5.32 Å². The van der Waals surface area contributed by atoms with Crippen LogP contribution in [0.15, 0.2) is 59.5 Å². The van der Waals surface area contributed by atoms with Crippen LogP contribution in [0.1, 0.15) is 38.3 Å². The Morgan fingerprint density at radius 3 is 2.38 bits per heavy atom. The standard InChI is InChI=1S/C20H24ClNOS/c1-15(2)14-19(16-6-4-3-5-7-16)22-20(23)12-13-24-18-10-8-17(21)9-11-18/h3-11,15,19H,12-14H2,1-2H3,(H,22,23)/t19-/m0/s1. The molecule has 0 spiro atoms. The van der Waals surface area contributed by atoms with E-state index in [2.05, 4.69) is 31.3 Å². The maximum absolute atomic E-state index is 12.3. The molecule has 4 heteroatoms. The first-order valence-electron chi connectivity index (χ1n) is 8.27. The quantitative estimate of drug-likeness (QED) is 0.608. The van der Waals surface area contributed by atoms with Gasteiger partial charge in [0.25, 0.3) is 0 Å². The molecular formula is C20H24ClNOS. The number of rotatable bonds is 8. The van der Waals surface area contributed by atoms with E-state index in [1.165, 1.54) is 5.56 Å². The normalized spacial score (nSPS) is 12.2. The molecule has 1 atom stereocenters. The lowest BCUT2D eigenvalue weighted by atomic mass is 9.97. The first-order chi connectivity index (χ1) is 11.5. The summed E-state index contributed by atoms with van der Waals surface area (Å²) < 4.78 is 0. The fourth-order valence-electron chi connectivity index (χ4n) is 2.49. The Morgan fingerprint density at radius 2 is 1.75 bits per heavy atom. The lowest BCUT2D eigenvalue weighted by Crippen LogP contribution is -2.29. The van der Waals surface area contributed by atoms with E-state index >= 15 is 0 Å². The number of halogens is 1. The van der Waals surface area contributed by atoms with E-state index in [0.29, 0.717) is 12.3 Å². The summed E-state index contributed by atoms with van der Waals surface area (Å²) in [5.74, 6) is 1.39. The highest BCUT2D eigenvalue weighted by atomic mass is 35.5. The van der Waals surface area contributed by atoms with Crippen LogP contribution in [0.3, 0.4) is 0 Å². The molecule has 0 fully saturated rings. The second kappa shape index (κ2) is 9.75. The van der Waals surface area contributed by atoms with Crippen molar-refractivity contribution >= 4 is 29.3 Å². The van der Waals surface area contributed by atoms with E-state index in [0.717, 1.165) is 22.1 Å². The van der Waals surface area contributed by atoms with Crippen molar-refractivity contribution < 1.29 is 4.79 Å². The molecule has 0 aliphatic carbocycles. The second-order valence-electron chi connectivity index (χ2n) is 6.21. The molecule has 0 radical (unpaired) electrons. The molecule has 1 amide bonds. The van der Waals surface area contributed by atoms with Gasteiger partial charge in [-0.3, -0.25) is 4.79 Å². The summed E-state index contributed by atoms with van der Waals surface area (Å²) in [6, 6.07) is 18.0. The molecule has 0 aliphatic heterocycles. The third-order valence-electron chi connectivity index (χ3n) is 3.66.